The van der Waals surface area contributed by atoms with E-state index in [2.05, 4.69) is 9.97 Å². The molecule has 2 nitrogen and oxygen atoms in total. The third-order valence-corrected chi connectivity index (χ3v) is 2.75. The van der Waals surface area contributed by atoms with Crippen molar-refractivity contribution in [1.82, 2.24) is 9.97 Å². The minimum Gasteiger partial charge on any atom is -0.342 e. The summed E-state index contributed by atoms with van der Waals surface area (Å²) in [6.07, 6.45) is 3.36. The second-order valence-corrected chi connectivity index (χ2v) is 4.11. The van der Waals surface area contributed by atoms with Gasteiger partial charge in [0.2, 0.25) is 0 Å². The van der Waals surface area contributed by atoms with E-state index >= 15 is 0 Å². The van der Waals surface area contributed by atoms with E-state index in [1.165, 1.54) is 12.8 Å². The molecule has 78 valence electrons. The van der Waals surface area contributed by atoms with E-state index in [-0.39, 0.29) is 0 Å². The molecule has 1 aromatic carbocycles. The van der Waals surface area contributed by atoms with E-state index in [0.29, 0.717) is 17.0 Å². The maximum absolute atomic E-state index is 12.9. The predicted molar refractivity (Wildman–Crippen MR) is 52.4 cm³/mol. The van der Waals surface area contributed by atoms with E-state index in [0.717, 1.165) is 24.4 Å². The first-order valence-electron chi connectivity index (χ1n) is 5.06. The molecule has 1 heterocycles. The number of fused-ring (bicyclic) bond motifs is 1. The van der Waals surface area contributed by atoms with Crippen molar-refractivity contribution in [2.24, 2.45) is 5.92 Å². The Bertz CT molecular complexity index is 476. The van der Waals surface area contributed by atoms with Crippen molar-refractivity contribution in [3.8, 4) is 0 Å². The Kier molecular flexibility index (Phi) is 1.78. The Balaban J connectivity index is 2.04. The molecule has 3 rings (SSSR count). The average molecular weight is 208 g/mol. The number of benzene rings is 1. The molecule has 0 spiro atoms. The van der Waals surface area contributed by atoms with E-state index in [4.69, 9.17) is 0 Å². The van der Waals surface area contributed by atoms with Crippen molar-refractivity contribution in [3.05, 3.63) is 29.6 Å². The summed E-state index contributed by atoms with van der Waals surface area (Å²) in [7, 11) is 0. The quantitative estimate of drug-likeness (QED) is 0.807. The van der Waals surface area contributed by atoms with Crippen molar-refractivity contribution in [3.63, 3.8) is 0 Å². The Morgan fingerprint density at radius 3 is 2.73 bits per heavy atom. The monoisotopic (exact) mass is 208 g/mol. The Morgan fingerprint density at radius 2 is 2.00 bits per heavy atom. The van der Waals surface area contributed by atoms with Crippen LogP contribution in [-0.2, 0) is 6.42 Å². The number of aromatic amines is 1. The maximum atomic E-state index is 12.9. The molecule has 1 fully saturated rings. The van der Waals surface area contributed by atoms with Crippen LogP contribution in [0.1, 0.15) is 18.7 Å². The molecule has 0 saturated heterocycles. The van der Waals surface area contributed by atoms with Crippen LogP contribution >= 0.6 is 0 Å². The van der Waals surface area contributed by atoms with E-state index < -0.39 is 11.6 Å². The molecule has 0 bridgehead atoms. The molecule has 0 atom stereocenters. The molecule has 0 unspecified atom stereocenters. The minimum absolute atomic E-state index is 0.504. The van der Waals surface area contributed by atoms with Crippen LogP contribution in [0.25, 0.3) is 11.0 Å². The van der Waals surface area contributed by atoms with Crippen LogP contribution in [0.3, 0.4) is 0 Å². The van der Waals surface area contributed by atoms with Gasteiger partial charge in [0.05, 0.1) is 11.0 Å². The largest absolute Gasteiger partial charge is 0.342 e. The lowest BCUT2D eigenvalue weighted by Gasteiger charge is -1.90. The van der Waals surface area contributed by atoms with Crippen LogP contribution in [0.5, 0.6) is 0 Å². The number of H-pyrrole nitrogens is 1. The van der Waals surface area contributed by atoms with Gasteiger partial charge in [0.15, 0.2) is 11.6 Å². The van der Waals surface area contributed by atoms with Gasteiger partial charge < -0.3 is 4.98 Å². The van der Waals surface area contributed by atoms with Gasteiger partial charge in [-0.05, 0) is 18.8 Å². The molecule has 1 aliphatic carbocycles. The fourth-order valence-electron chi connectivity index (χ4n) is 1.75. The van der Waals surface area contributed by atoms with E-state index in [1.54, 1.807) is 0 Å². The van der Waals surface area contributed by atoms with Crippen molar-refractivity contribution in [2.45, 2.75) is 19.3 Å². The Morgan fingerprint density at radius 1 is 1.27 bits per heavy atom. The lowest BCUT2D eigenvalue weighted by molar-refractivity contribution is 0.510. The summed E-state index contributed by atoms with van der Waals surface area (Å²) in [5.74, 6) is -0.131. The van der Waals surface area contributed by atoms with Gasteiger partial charge in [-0.25, -0.2) is 13.8 Å². The van der Waals surface area contributed by atoms with Gasteiger partial charge in [-0.2, -0.15) is 0 Å². The van der Waals surface area contributed by atoms with Gasteiger partial charge in [0.1, 0.15) is 5.82 Å². The highest BCUT2D eigenvalue weighted by molar-refractivity contribution is 5.75. The van der Waals surface area contributed by atoms with Gasteiger partial charge in [0.25, 0.3) is 0 Å². The summed E-state index contributed by atoms with van der Waals surface area (Å²) >= 11 is 0. The van der Waals surface area contributed by atoms with Crippen molar-refractivity contribution in [1.29, 1.82) is 0 Å². The van der Waals surface area contributed by atoms with Crippen molar-refractivity contribution in [2.75, 3.05) is 0 Å². The minimum atomic E-state index is -0.841. The van der Waals surface area contributed by atoms with Crippen LogP contribution in [0, 0.1) is 17.6 Å². The second kappa shape index (κ2) is 3.02. The molecule has 0 radical (unpaired) electrons. The topological polar surface area (TPSA) is 28.7 Å². The number of hydrogen-bond acceptors (Lipinski definition) is 1. The molecule has 1 aromatic heterocycles. The standard InChI is InChI=1S/C11H10F2N2/c12-7-4-9-10(5-8(7)13)15-11(14-9)3-6-1-2-6/h4-6H,1-3H2,(H,14,15). The van der Waals surface area contributed by atoms with Gasteiger partial charge in [-0.1, -0.05) is 0 Å². The average Bonchev–Trinajstić information content (AvgIpc) is 2.89. The number of nitrogens with one attached hydrogen (secondary N) is 1. The van der Waals surface area contributed by atoms with Crippen LogP contribution in [0.15, 0.2) is 12.1 Å². The molecular formula is C11H10F2N2. The van der Waals surface area contributed by atoms with Gasteiger partial charge in [-0.15, -0.1) is 0 Å². The number of aromatic nitrogens is 2. The Hall–Kier alpha value is -1.45. The number of nitrogens with zero attached hydrogens (tertiary/aromatic N) is 1. The zero-order chi connectivity index (χ0) is 10.4. The maximum Gasteiger partial charge on any atom is 0.161 e. The van der Waals surface area contributed by atoms with Crippen molar-refractivity contribution < 1.29 is 8.78 Å². The lowest BCUT2D eigenvalue weighted by Crippen LogP contribution is -1.88. The van der Waals surface area contributed by atoms with Crippen LogP contribution in [0.4, 0.5) is 8.78 Å². The normalized spacial score (nSPS) is 16.1. The molecule has 15 heavy (non-hydrogen) atoms. The number of hydrogen-bond donors (Lipinski definition) is 1. The third-order valence-electron chi connectivity index (χ3n) is 2.75. The summed E-state index contributed by atoms with van der Waals surface area (Å²) in [6, 6.07) is 2.30. The molecule has 0 aliphatic heterocycles. The smallest absolute Gasteiger partial charge is 0.161 e. The summed E-state index contributed by atoms with van der Waals surface area (Å²) < 4.78 is 25.8. The second-order valence-electron chi connectivity index (χ2n) is 4.11. The fourth-order valence-corrected chi connectivity index (χ4v) is 1.75. The highest BCUT2D eigenvalue weighted by Crippen LogP contribution is 2.32. The van der Waals surface area contributed by atoms with Crippen LogP contribution < -0.4 is 0 Å². The molecule has 1 saturated carbocycles. The molecule has 1 N–H and O–H groups in total. The SMILES string of the molecule is Fc1cc2nc(CC3CC3)[nH]c2cc1F. The first-order valence-corrected chi connectivity index (χ1v) is 5.06. The summed E-state index contributed by atoms with van der Waals surface area (Å²) in [5, 5.41) is 0. The van der Waals surface area contributed by atoms with Crippen molar-refractivity contribution >= 4 is 11.0 Å². The predicted octanol–water partition coefficient (Wildman–Crippen LogP) is 2.79. The first kappa shape index (κ1) is 8.83. The Labute approximate surface area is 85.3 Å². The molecule has 0 amide bonds. The third kappa shape index (κ3) is 1.60. The molecular weight excluding hydrogens is 198 g/mol. The number of halogens is 2. The van der Waals surface area contributed by atoms with E-state index in [1.807, 2.05) is 0 Å². The van der Waals surface area contributed by atoms with Crippen LogP contribution in [0.2, 0.25) is 0 Å². The molecule has 1 aliphatic rings. The summed E-state index contributed by atoms with van der Waals surface area (Å²) in [6.45, 7) is 0. The van der Waals surface area contributed by atoms with Gasteiger partial charge >= 0.3 is 0 Å². The molecule has 2 aromatic rings. The zero-order valence-electron chi connectivity index (χ0n) is 8.06. The fraction of sp³-hybridized carbons (Fsp3) is 0.364. The van der Waals surface area contributed by atoms with Gasteiger partial charge in [0, 0.05) is 18.6 Å². The first-order chi connectivity index (χ1) is 7.22. The highest BCUT2D eigenvalue weighted by atomic mass is 19.2. The number of imidazole rings is 1. The number of rotatable bonds is 2. The van der Waals surface area contributed by atoms with E-state index in [9.17, 15) is 8.78 Å². The highest BCUT2D eigenvalue weighted by Gasteiger charge is 2.23. The van der Waals surface area contributed by atoms with Gasteiger partial charge in [-0.3, -0.25) is 0 Å². The summed E-state index contributed by atoms with van der Waals surface area (Å²) in [5.41, 5.74) is 1.08. The summed E-state index contributed by atoms with van der Waals surface area (Å²) in [4.78, 5) is 7.25. The molecule has 4 heteroatoms. The zero-order valence-corrected chi connectivity index (χ0v) is 8.06. The lowest BCUT2D eigenvalue weighted by atomic mass is 10.3. The van der Waals surface area contributed by atoms with Crippen LogP contribution in [-0.4, -0.2) is 9.97 Å².